The molecular weight excluding hydrogens is 289 g/mol. The van der Waals surface area contributed by atoms with E-state index in [0.29, 0.717) is 16.3 Å². The lowest BCUT2D eigenvalue weighted by molar-refractivity contribution is -0.114. The highest BCUT2D eigenvalue weighted by Gasteiger charge is 2.14. The van der Waals surface area contributed by atoms with E-state index in [1.54, 1.807) is 12.1 Å². The van der Waals surface area contributed by atoms with Crippen molar-refractivity contribution in [3.8, 4) is 0 Å². The minimum absolute atomic E-state index is 0. The molecule has 0 fully saturated rings. The van der Waals surface area contributed by atoms with Gasteiger partial charge in [0.05, 0.1) is 17.8 Å². The van der Waals surface area contributed by atoms with Gasteiger partial charge in [0.1, 0.15) is 0 Å². The van der Waals surface area contributed by atoms with Gasteiger partial charge in [0.15, 0.2) is 0 Å². The van der Waals surface area contributed by atoms with E-state index < -0.39 is 0 Å². The molecule has 7 heteroatoms. The molecule has 0 aliphatic rings. The third-order valence-corrected chi connectivity index (χ3v) is 2.34. The number of carbonyl (C=O) groups excluding carboxylic acids is 2. The molecule has 0 heterocycles. The van der Waals surface area contributed by atoms with Crippen LogP contribution in [0.5, 0.6) is 0 Å². The van der Waals surface area contributed by atoms with Crippen LogP contribution < -0.4 is 16.4 Å². The minimum atomic E-state index is -0.379. The summed E-state index contributed by atoms with van der Waals surface area (Å²) in [5, 5.41) is 5.73. The lowest BCUT2D eigenvalue weighted by Gasteiger charge is -2.13. The minimum Gasteiger partial charge on any atom is -0.350 e. The molecule has 0 saturated carbocycles. The van der Waals surface area contributed by atoms with Crippen LogP contribution in [0.15, 0.2) is 18.2 Å². The molecule has 19 heavy (non-hydrogen) atoms. The van der Waals surface area contributed by atoms with Crippen molar-refractivity contribution in [1.82, 2.24) is 5.32 Å². The summed E-state index contributed by atoms with van der Waals surface area (Å²) in [6.07, 6.45) is 0. The average Bonchev–Trinajstić information content (AvgIpc) is 2.27. The number of amides is 2. The Kier molecular flexibility index (Phi) is 7.44. The number of rotatable bonds is 4. The summed E-state index contributed by atoms with van der Waals surface area (Å²) in [6, 6.07) is 4.68. The van der Waals surface area contributed by atoms with Gasteiger partial charge in [-0.1, -0.05) is 11.6 Å². The van der Waals surface area contributed by atoms with Gasteiger partial charge in [-0.2, -0.15) is 0 Å². The molecule has 0 aliphatic heterocycles. The predicted molar refractivity (Wildman–Crippen MR) is 79.0 cm³/mol. The van der Waals surface area contributed by atoms with Gasteiger partial charge in [0.25, 0.3) is 5.91 Å². The van der Waals surface area contributed by atoms with Crippen LogP contribution in [0.4, 0.5) is 5.69 Å². The molecule has 0 aliphatic carbocycles. The van der Waals surface area contributed by atoms with Crippen LogP contribution in [0.3, 0.4) is 0 Å². The normalized spacial score (nSPS) is 9.74. The van der Waals surface area contributed by atoms with Crippen molar-refractivity contribution in [2.45, 2.75) is 19.9 Å². The molecule has 0 aromatic heterocycles. The van der Waals surface area contributed by atoms with E-state index in [1.807, 2.05) is 13.8 Å². The van der Waals surface area contributed by atoms with Crippen LogP contribution >= 0.6 is 24.0 Å². The fourth-order valence-corrected chi connectivity index (χ4v) is 1.53. The Balaban J connectivity index is 0.00000324. The second-order valence-corrected chi connectivity index (χ2v) is 4.51. The van der Waals surface area contributed by atoms with E-state index in [0.717, 1.165) is 0 Å². The molecule has 5 nitrogen and oxygen atoms in total. The van der Waals surface area contributed by atoms with Gasteiger partial charge in [-0.05, 0) is 32.0 Å². The number of carbonyl (C=O) groups is 2. The molecular formula is C12H17Cl2N3O2. The Labute approximate surface area is 123 Å². The third-order valence-electron chi connectivity index (χ3n) is 2.11. The maximum atomic E-state index is 11.9. The monoisotopic (exact) mass is 305 g/mol. The number of nitrogens with two attached hydrogens (primary N) is 1. The van der Waals surface area contributed by atoms with Gasteiger partial charge in [-0.25, -0.2) is 0 Å². The number of hydrogen-bond donors (Lipinski definition) is 3. The Hall–Kier alpha value is -1.30. The van der Waals surface area contributed by atoms with Crippen molar-refractivity contribution in [2.24, 2.45) is 5.73 Å². The van der Waals surface area contributed by atoms with Crippen molar-refractivity contribution in [1.29, 1.82) is 0 Å². The lowest BCUT2D eigenvalue weighted by Crippen LogP contribution is -2.31. The summed E-state index contributed by atoms with van der Waals surface area (Å²) in [4.78, 5) is 23.2. The SMILES string of the molecule is CC(C)NC(=O)c1ccc(Cl)cc1NC(=O)CN.Cl. The summed E-state index contributed by atoms with van der Waals surface area (Å²) in [5.41, 5.74) is 5.93. The van der Waals surface area contributed by atoms with Crippen LogP contribution in [0.25, 0.3) is 0 Å². The number of nitrogens with one attached hydrogen (secondary N) is 2. The molecule has 1 aromatic rings. The predicted octanol–water partition coefficient (Wildman–Crippen LogP) is 1.80. The van der Waals surface area contributed by atoms with Gasteiger partial charge in [-0.3, -0.25) is 9.59 Å². The van der Waals surface area contributed by atoms with Crippen molar-refractivity contribution in [3.63, 3.8) is 0 Å². The van der Waals surface area contributed by atoms with E-state index in [-0.39, 0.29) is 36.8 Å². The molecule has 106 valence electrons. The van der Waals surface area contributed by atoms with E-state index >= 15 is 0 Å². The maximum absolute atomic E-state index is 11.9. The standard InChI is InChI=1S/C12H16ClN3O2.ClH/c1-7(2)15-12(18)9-4-3-8(13)5-10(9)16-11(17)6-14;/h3-5,7H,6,14H2,1-2H3,(H,15,18)(H,16,17);1H. The number of hydrogen-bond acceptors (Lipinski definition) is 3. The number of anilines is 1. The molecule has 0 bridgehead atoms. The van der Waals surface area contributed by atoms with Gasteiger partial charge in [0.2, 0.25) is 5.91 Å². The Bertz CT molecular complexity index is 464. The molecule has 1 aromatic carbocycles. The van der Waals surface area contributed by atoms with Crippen molar-refractivity contribution in [2.75, 3.05) is 11.9 Å². The Morgan fingerprint density at radius 3 is 2.53 bits per heavy atom. The zero-order chi connectivity index (χ0) is 13.7. The maximum Gasteiger partial charge on any atom is 0.253 e. The summed E-state index contributed by atoms with van der Waals surface area (Å²) in [6.45, 7) is 3.55. The largest absolute Gasteiger partial charge is 0.350 e. The van der Waals surface area contributed by atoms with E-state index in [1.165, 1.54) is 6.07 Å². The van der Waals surface area contributed by atoms with Gasteiger partial charge in [0, 0.05) is 11.1 Å². The summed E-state index contributed by atoms with van der Waals surface area (Å²) in [7, 11) is 0. The topological polar surface area (TPSA) is 84.2 Å². The van der Waals surface area contributed by atoms with Crippen LogP contribution in [-0.2, 0) is 4.79 Å². The molecule has 0 atom stereocenters. The van der Waals surface area contributed by atoms with Gasteiger partial charge < -0.3 is 16.4 Å². The number of benzene rings is 1. The van der Waals surface area contributed by atoms with Gasteiger partial charge in [-0.15, -0.1) is 12.4 Å². The highest BCUT2D eigenvalue weighted by Crippen LogP contribution is 2.21. The first-order chi connectivity index (χ1) is 8.43. The second-order valence-electron chi connectivity index (χ2n) is 4.07. The Morgan fingerprint density at radius 2 is 2.00 bits per heavy atom. The molecule has 1 rings (SSSR count). The first-order valence-electron chi connectivity index (χ1n) is 5.54. The van der Waals surface area contributed by atoms with Crippen LogP contribution in [0.1, 0.15) is 24.2 Å². The fraction of sp³-hybridized carbons (Fsp3) is 0.333. The molecule has 4 N–H and O–H groups in total. The zero-order valence-electron chi connectivity index (χ0n) is 10.7. The molecule has 0 spiro atoms. The van der Waals surface area contributed by atoms with Gasteiger partial charge >= 0.3 is 0 Å². The van der Waals surface area contributed by atoms with E-state index in [9.17, 15) is 9.59 Å². The van der Waals surface area contributed by atoms with Crippen LogP contribution in [-0.4, -0.2) is 24.4 Å². The van der Waals surface area contributed by atoms with Crippen LogP contribution in [0, 0.1) is 0 Å². The number of halogens is 2. The highest BCUT2D eigenvalue weighted by molar-refractivity contribution is 6.31. The fourth-order valence-electron chi connectivity index (χ4n) is 1.36. The van der Waals surface area contributed by atoms with E-state index in [4.69, 9.17) is 17.3 Å². The Morgan fingerprint density at radius 1 is 1.37 bits per heavy atom. The summed E-state index contributed by atoms with van der Waals surface area (Å²) >= 11 is 5.84. The summed E-state index contributed by atoms with van der Waals surface area (Å²) in [5.74, 6) is -0.648. The quantitative estimate of drug-likeness (QED) is 0.793. The van der Waals surface area contributed by atoms with E-state index in [2.05, 4.69) is 10.6 Å². The highest BCUT2D eigenvalue weighted by atomic mass is 35.5. The molecule has 2 amide bonds. The third kappa shape index (κ3) is 5.46. The molecule has 0 saturated heterocycles. The van der Waals surface area contributed by atoms with Crippen molar-refractivity contribution in [3.05, 3.63) is 28.8 Å². The first kappa shape index (κ1) is 17.7. The van der Waals surface area contributed by atoms with Crippen molar-refractivity contribution >= 4 is 41.5 Å². The lowest BCUT2D eigenvalue weighted by atomic mass is 10.1. The smallest absolute Gasteiger partial charge is 0.253 e. The molecule has 0 radical (unpaired) electrons. The van der Waals surface area contributed by atoms with Crippen LogP contribution in [0.2, 0.25) is 5.02 Å². The average molecular weight is 306 g/mol. The summed E-state index contributed by atoms with van der Waals surface area (Å²) < 4.78 is 0. The zero-order valence-corrected chi connectivity index (χ0v) is 12.3. The first-order valence-corrected chi connectivity index (χ1v) is 5.92. The van der Waals surface area contributed by atoms with Crippen molar-refractivity contribution < 1.29 is 9.59 Å². The second kappa shape index (κ2) is 7.99. The molecule has 0 unspecified atom stereocenters.